The van der Waals surface area contributed by atoms with Crippen molar-refractivity contribution < 1.29 is 4.74 Å². The van der Waals surface area contributed by atoms with Crippen LogP contribution in [0.3, 0.4) is 0 Å². The second-order valence-corrected chi connectivity index (χ2v) is 5.49. The maximum atomic E-state index is 5.98. The minimum atomic E-state index is 0.0889. The molecule has 0 aromatic heterocycles. The van der Waals surface area contributed by atoms with Gasteiger partial charge >= 0.3 is 0 Å². The number of nitrogens with two attached hydrogens (primary N) is 1. The van der Waals surface area contributed by atoms with Gasteiger partial charge in [-0.05, 0) is 43.2 Å². The topological polar surface area (TPSA) is 59.3 Å². The van der Waals surface area contributed by atoms with Crippen molar-refractivity contribution in [3.05, 3.63) is 60.2 Å². The van der Waals surface area contributed by atoms with Crippen LogP contribution >= 0.6 is 0 Å². The normalized spacial score (nSPS) is 22.9. The highest BCUT2D eigenvalue weighted by atomic mass is 16.5. The fourth-order valence-corrected chi connectivity index (χ4v) is 2.68. The van der Waals surface area contributed by atoms with E-state index < -0.39 is 0 Å². The summed E-state index contributed by atoms with van der Waals surface area (Å²) in [4.78, 5) is 0. The molecule has 3 rings (SSSR count). The predicted octanol–water partition coefficient (Wildman–Crippen LogP) is 2.64. The molecule has 0 aliphatic carbocycles. The van der Waals surface area contributed by atoms with Crippen molar-refractivity contribution in [2.24, 2.45) is 0 Å². The number of benzene rings is 2. The van der Waals surface area contributed by atoms with Crippen LogP contribution in [0.5, 0.6) is 5.75 Å². The molecule has 21 heavy (non-hydrogen) atoms. The fourth-order valence-electron chi connectivity index (χ4n) is 2.68. The van der Waals surface area contributed by atoms with Crippen LogP contribution in [0.4, 0.5) is 5.69 Å². The van der Waals surface area contributed by atoms with E-state index in [1.54, 1.807) is 0 Å². The van der Waals surface area contributed by atoms with Gasteiger partial charge in [-0.3, -0.25) is 5.43 Å². The minimum absolute atomic E-state index is 0.0889. The van der Waals surface area contributed by atoms with Crippen LogP contribution in [0.25, 0.3) is 0 Å². The zero-order valence-electron chi connectivity index (χ0n) is 12.1. The Bertz CT molecular complexity index is 588. The van der Waals surface area contributed by atoms with E-state index in [0.29, 0.717) is 0 Å². The molecular formula is C17H21N3O. The van der Waals surface area contributed by atoms with Gasteiger partial charge in [-0.25, -0.2) is 5.43 Å². The molecule has 1 aliphatic heterocycles. The molecule has 4 nitrogen and oxygen atoms in total. The van der Waals surface area contributed by atoms with Gasteiger partial charge in [-0.2, -0.15) is 0 Å². The van der Waals surface area contributed by atoms with Crippen molar-refractivity contribution in [3.63, 3.8) is 0 Å². The Kier molecular flexibility index (Phi) is 4.08. The van der Waals surface area contributed by atoms with Gasteiger partial charge in [0, 0.05) is 11.7 Å². The highest BCUT2D eigenvalue weighted by Crippen LogP contribution is 2.26. The first-order valence-electron chi connectivity index (χ1n) is 7.30. The molecule has 0 radical (unpaired) electrons. The molecule has 1 fully saturated rings. The second kappa shape index (κ2) is 6.16. The summed E-state index contributed by atoms with van der Waals surface area (Å²) >= 11 is 0. The number of rotatable bonds is 4. The van der Waals surface area contributed by atoms with Crippen LogP contribution in [-0.2, 0) is 0 Å². The molecule has 1 aliphatic rings. The molecule has 4 N–H and O–H groups in total. The van der Waals surface area contributed by atoms with Gasteiger partial charge in [0.15, 0.2) is 0 Å². The van der Waals surface area contributed by atoms with E-state index in [-0.39, 0.29) is 18.2 Å². The van der Waals surface area contributed by atoms with Gasteiger partial charge in [0.25, 0.3) is 0 Å². The van der Waals surface area contributed by atoms with Crippen molar-refractivity contribution in [1.82, 2.24) is 10.9 Å². The molecule has 1 saturated heterocycles. The summed E-state index contributed by atoms with van der Waals surface area (Å²) in [5.74, 6) is 0.902. The third kappa shape index (κ3) is 3.35. The van der Waals surface area contributed by atoms with E-state index in [1.165, 1.54) is 5.56 Å². The smallest absolute Gasteiger partial charge is 0.119 e. The van der Waals surface area contributed by atoms with Crippen LogP contribution in [0, 0.1) is 0 Å². The molecule has 3 unspecified atom stereocenters. The summed E-state index contributed by atoms with van der Waals surface area (Å²) in [5.41, 5.74) is 14.5. The lowest BCUT2D eigenvalue weighted by molar-refractivity contribution is 0.176. The number of para-hydroxylation sites is 1. The van der Waals surface area contributed by atoms with E-state index in [1.807, 2.05) is 48.5 Å². The predicted molar refractivity (Wildman–Crippen MR) is 84.8 cm³/mol. The summed E-state index contributed by atoms with van der Waals surface area (Å²) in [6.45, 7) is 2.09. The Morgan fingerprint density at radius 1 is 1.10 bits per heavy atom. The third-order valence-electron chi connectivity index (χ3n) is 3.88. The van der Waals surface area contributed by atoms with E-state index >= 15 is 0 Å². The SMILES string of the molecule is CC(Oc1ccccc1)C1CC(c2cccc(N)c2)NN1. The number of hydrazine groups is 1. The number of nitrogen functional groups attached to an aromatic ring is 1. The zero-order chi connectivity index (χ0) is 14.7. The van der Waals surface area contributed by atoms with Gasteiger partial charge in [0.05, 0.1) is 6.04 Å². The first-order valence-corrected chi connectivity index (χ1v) is 7.30. The Labute approximate surface area is 125 Å². The largest absolute Gasteiger partial charge is 0.489 e. The third-order valence-corrected chi connectivity index (χ3v) is 3.88. The summed E-state index contributed by atoms with van der Waals surface area (Å²) in [6, 6.07) is 18.5. The highest BCUT2D eigenvalue weighted by Gasteiger charge is 2.30. The van der Waals surface area contributed by atoms with Crippen LogP contribution < -0.4 is 21.3 Å². The van der Waals surface area contributed by atoms with Crippen molar-refractivity contribution in [2.75, 3.05) is 5.73 Å². The van der Waals surface area contributed by atoms with Gasteiger partial charge in [-0.1, -0.05) is 30.3 Å². The van der Waals surface area contributed by atoms with Gasteiger partial charge in [0.1, 0.15) is 11.9 Å². The van der Waals surface area contributed by atoms with E-state index in [0.717, 1.165) is 17.9 Å². The molecule has 110 valence electrons. The maximum Gasteiger partial charge on any atom is 0.119 e. The number of hydrogen-bond donors (Lipinski definition) is 3. The molecule has 0 amide bonds. The standard InChI is InChI=1S/C17H21N3O/c1-12(21-15-8-3-2-4-9-15)16-11-17(20-19-16)13-6-5-7-14(18)10-13/h2-10,12,16-17,19-20H,11,18H2,1H3. The molecular weight excluding hydrogens is 262 g/mol. The van der Waals surface area contributed by atoms with Gasteiger partial charge < -0.3 is 10.5 Å². The van der Waals surface area contributed by atoms with Gasteiger partial charge in [0.2, 0.25) is 0 Å². The van der Waals surface area contributed by atoms with E-state index in [9.17, 15) is 0 Å². The number of anilines is 1. The summed E-state index contributed by atoms with van der Waals surface area (Å²) < 4.78 is 5.98. The average molecular weight is 283 g/mol. The molecule has 2 aromatic carbocycles. The Balaban J connectivity index is 1.61. The second-order valence-electron chi connectivity index (χ2n) is 5.49. The average Bonchev–Trinajstić information content (AvgIpc) is 2.98. The summed E-state index contributed by atoms with van der Waals surface area (Å²) in [5, 5.41) is 0. The van der Waals surface area contributed by atoms with Crippen molar-refractivity contribution in [3.8, 4) is 5.75 Å². The van der Waals surface area contributed by atoms with Crippen LogP contribution in [0.15, 0.2) is 54.6 Å². The van der Waals surface area contributed by atoms with E-state index in [4.69, 9.17) is 10.5 Å². The number of nitrogens with one attached hydrogen (secondary N) is 2. The molecule has 1 heterocycles. The lowest BCUT2D eigenvalue weighted by Gasteiger charge is -2.20. The van der Waals surface area contributed by atoms with Crippen molar-refractivity contribution >= 4 is 5.69 Å². The Morgan fingerprint density at radius 3 is 2.67 bits per heavy atom. The molecule has 0 saturated carbocycles. The van der Waals surface area contributed by atoms with E-state index in [2.05, 4.69) is 23.8 Å². The Morgan fingerprint density at radius 2 is 1.90 bits per heavy atom. The zero-order valence-corrected chi connectivity index (χ0v) is 12.1. The summed E-state index contributed by atoms with van der Waals surface area (Å²) in [6.07, 6.45) is 1.06. The van der Waals surface area contributed by atoms with Crippen LogP contribution in [-0.4, -0.2) is 12.1 Å². The maximum absolute atomic E-state index is 5.98. The van der Waals surface area contributed by atoms with Crippen molar-refractivity contribution in [1.29, 1.82) is 0 Å². The van der Waals surface area contributed by atoms with Gasteiger partial charge in [-0.15, -0.1) is 0 Å². The van der Waals surface area contributed by atoms with Crippen molar-refractivity contribution in [2.45, 2.75) is 31.5 Å². The quantitative estimate of drug-likeness (QED) is 0.755. The Hall–Kier alpha value is -2.04. The minimum Gasteiger partial charge on any atom is -0.489 e. The van der Waals surface area contributed by atoms with Crippen LogP contribution in [0.2, 0.25) is 0 Å². The molecule has 0 bridgehead atoms. The molecule has 2 aromatic rings. The van der Waals surface area contributed by atoms with Crippen LogP contribution in [0.1, 0.15) is 24.9 Å². The lowest BCUT2D eigenvalue weighted by Crippen LogP contribution is -2.40. The molecule has 4 heteroatoms. The number of ether oxygens (including phenoxy) is 1. The first kappa shape index (κ1) is 13.9. The lowest BCUT2D eigenvalue weighted by atomic mass is 9.99. The number of hydrogen-bond acceptors (Lipinski definition) is 4. The first-order chi connectivity index (χ1) is 10.2. The fraction of sp³-hybridized carbons (Fsp3) is 0.294. The summed E-state index contributed by atoms with van der Waals surface area (Å²) in [7, 11) is 0. The molecule has 0 spiro atoms. The molecule has 3 atom stereocenters. The highest BCUT2D eigenvalue weighted by molar-refractivity contribution is 5.41. The monoisotopic (exact) mass is 283 g/mol.